The van der Waals surface area contributed by atoms with E-state index < -0.39 is 10.0 Å². The summed E-state index contributed by atoms with van der Waals surface area (Å²) in [6, 6.07) is 10.9. The van der Waals surface area contributed by atoms with Crippen LogP contribution in [-0.2, 0) is 23.0 Å². The highest BCUT2D eigenvalue weighted by atomic mass is 32.2. The predicted molar refractivity (Wildman–Crippen MR) is 119 cm³/mol. The fourth-order valence-electron chi connectivity index (χ4n) is 3.55. The number of sulfonamides is 1. The monoisotopic (exact) mass is 432 g/mol. The highest BCUT2D eigenvalue weighted by Crippen LogP contribution is 2.23. The highest BCUT2D eigenvalue weighted by molar-refractivity contribution is 7.89. The predicted octanol–water partition coefficient (Wildman–Crippen LogP) is 3.00. The minimum absolute atomic E-state index is 0.354. The fraction of sp³-hybridized carbons (Fsp3) is 0.500. The first-order valence-electron chi connectivity index (χ1n) is 10.6. The highest BCUT2D eigenvalue weighted by Gasteiger charge is 2.28. The number of benzene rings is 1. The molecule has 30 heavy (non-hydrogen) atoms. The van der Waals surface area contributed by atoms with E-state index in [2.05, 4.69) is 22.5 Å². The van der Waals surface area contributed by atoms with E-state index in [4.69, 9.17) is 4.42 Å². The molecule has 1 fully saturated rings. The van der Waals surface area contributed by atoms with Crippen LogP contribution in [0.3, 0.4) is 0 Å². The Morgan fingerprint density at radius 3 is 2.70 bits per heavy atom. The number of aliphatic imine (C=N–C) groups is 1. The number of rotatable bonds is 8. The van der Waals surface area contributed by atoms with Crippen molar-refractivity contribution in [2.45, 2.75) is 44.6 Å². The minimum atomic E-state index is -3.42. The number of nitrogens with zero attached hydrogens (tertiary/aromatic N) is 2. The lowest BCUT2D eigenvalue weighted by molar-refractivity contribution is 0.281. The van der Waals surface area contributed by atoms with Crippen LogP contribution in [0.5, 0.6) is 0 Å². The largest absolute Gasteiger partial charge is 0.469 e. The van der Waals surface area contributed by atoms with Gasteiger partial charge in [-0.05, 0) is 55.5 Å². The molecule has 0 amide bonds. The summed E-state index contributed by atoms with van der Waals surface area (Å²) >= 11 is 0. The number of furan rings is 1. The molecular weight excluding hydrogens is 400 g/mol. The van der Waals surface area contributed by atoms with Crippen LogP contribution in [-0.4, -0.2) is 44.9 Å². The van der Waals surface area contributed by atoms with E-state index in [0.29, 0.717) is 37.0 Å². The summed E-state index contributed by atoms with van der Waals surface area (Å²) in [5, 5.41) is 6.51. The fourth-order valence-corrected chi connectivity index (χ4v) is 5.15. The smallest absolute Gasteiger partial charge is 0.243 e. The average molecular weight is 433 g/mol. The molecule has 164 valence electrons. The van der Waals surface area contributed by atoms with Gasteiger partial charge < -0.3 is 15.1 Å². The zero-order chi connectivity index (χ0) is 21.4. The van der Waals surface area contributed by atoms with Gasteiger partial charge in [-0.2, -0.15) is 4.31 Å². The topological polar surface area (TPSA) is 86.9 Å². The Morgan fingerprint density at radius 2 is 2.03 bits per heavy atom. The summed E-state index contributed by atoms with van der Waals surface area (Å²) in [5.74, 6) is 2.06. The molecule has 0 saturated carbocycles. The van der Waals surface area contributed by atoms with Crippen LogP contribution in [0.1, 0.15) is 38.0 Å². The third kappa shape index (κ3) is 6.09. The van der Waals surface area contributed by atoms with Crippen molar-refractivity contribution in [3.8, 4) is 0 Å². The maximum Gasteiger partial charge on any atom is 0.243 e. The number of hydrogen-bond acceptors (Lipinski definition) is 4. The lowest BCUT2D eigenvalue weighted by Gasteiger charge is -2.30. The average Bonchev–Trinajstić information content (AvgIpc) is 3.26. The molecule has 0 spiro atoms. The van der Waals surface area contributed by atoms with Gasteiger partial charge in [-0.3, -0.25) is 0 Å². The van der Waals surface area contributed by atoms with Gasteiger partial charge >= 0.3 is 0 Å². The molecule has 1 unspecified atom stereocenters. The molecular formula is C22H32N4O3S. The molecule has 1 aromatic heterocycles. The van der Waals surface area contributed by atoms with E-state index in [9.17, 15) is 8.42 Å². The van der Waals surface area contributed by atoms with Gasteiger partial charge in [-0.15, -0.1) is 0 Å². The summed E-state index contributed by atoms with van der Waals surface area (Å²) in [6.45, 7) is 7.27. The molecule has 0 aliphatic carbocycles. The van der Waals surface area contributed by atoms with Gasteiger partial charge in [0.2, 0.25) is 10.0 Å². The van der Waals surface area contributed by atoms with Gasteiger partial charge in [0.1, 0.15) is 5.76 Å². The van der Waals surface area contributed by atoms with Gasteiger partial charge in [0, 0.05) is 32.6 Å². The molecule has 2 aromatic rings. The molecule has 1 saturated heterocycles. The van der Waals surface area contributed by atoms with Crippen molar-refractivity contribution in [3.05, 3.63) is 54.0 Å². The third-order valence-electron chi connectivity index (χ3n) is 5.19. The maximum absolute atomic E-state index is 12.9. The van der Waals surface area contributed by atoms with Crippen molar-refractivity contribution >= 4 is 16.0 Å². The Labute approximate surface area is 179 Å². The SMILES string of the molecule is CCNC(=NCc1ccc(S(=O)(=O)N2CCCC(C)C2)cc1)NCCc1ccco1. The molecule has 1 atom stereocenters. The first-order chi connectivity index (χ1) is 14.5. The van der Waals surface area contributed by atoms with Gasteiger partial charge in [0.15, 0.2) is 5.96 Å². The quantitative estimate of drug-likeness (QED) is 0.495. The second kappa shape index (κ2) is 10.6. The lowest BCUT2D eigenvalue weighted by atomic mass is 10.0. The van der Waals surface area contributed by atoms with Gasteiger partial charge in [0.05, 0.1) is 17.7 Å². The Balaban J connectivity index is 1.58. The van der Waals surface area contributed by atoms with E-state index in [1.807, 2.05) is 31.2 Å². The van der Waals surface area contributed by atoms with Gasteiger partial charge in [-0.25, -0.2) is 13.4 Å². The minimum Gasteiger partial charge on any atom is -0.469 e. The van der Waals surface area contributed by atoms with Gasteiger partial charge in [0.25, 0.3) is 0 Å². The van der Waals surface area contributed by atoms with Gasteiger partial charge in [-0.1, -0.05) is 19.1 Å². The number of hydrogen-bond donors (Lipinski definition) is 2. The van der Waals surface area contributed by atoms with Crippen LogP contribution in [0.25, 0.3) is 0 Å². The van der Waals surface area contributed by atoms with E-state index in [0.717, 1.165) is 43.1 Å². The molecule has 8 heteroatoms. The Kier molecular flexibility index (Phi) is 7.93. The second-order valence-corrected chi connectivity index (χ2v) is 9.64. The first-order valence-corrected chi connectivity index (χ1v) is 12.1. The maximum atomic E-state index is 12.9. The van der Waals surface area contributed by atoms with E-state index in [-0.39, 0.29) is 0 Å². The van der Waals surface area contributed by atoms with Crippen LogP contribution in [0, 0.1) is 5.92 Å². The van der Waals surface area contributed by atoms with Crippen LogP contribution in [0.15, 0.2) is 57.0 Å². The summed E-state index contributed by atoms with van der Waals surface area (Å²) in [6.07, 6.45) is 4.46. The number of piperidine rings is 1. The third-order valence-corrected chi connectivity index (χ3v) is 7.07. The molecule has 1 aliphatic heterocycles. The zero-order valence-corrected chi connectivity index (χ0v) is 18.6. The Bertz CT molecular complexity index is 908. The van der Waals surface area contributed by atoms with E-state index in [1.165, 1.54) is 0 Å². The van der Waals surface area contributed by atoms with Crippen molar-refractivity contribution in [2.75, 3.05) is 26.2 Å². The molecule has 3 rings (SSSR count). The molecule has 2 N–H and O–H groups in total. The van der Waals surface area contributed by atoms with Crippen molar-refractivity contribution in [1.82, 2.24) is 14.9 Å². The molecule has 1 aromatic carbocycles. The van der Waals surface area contributed by atoms with Crippen LogP contribution in [0.4, 0.5) is 0 Å². The van der Waals surface area contributed by atoms with Crippen LogP contribution in [0.2, 0.25) is 0 Å². The molecule has 0 bridgehead atoms. The molecule has 2 heterocycles. The van der Waals surface area contributed by atoms with Crippen molar-refractivity contribution < 1.29 is 12.8 Å². The number of nitrogens with one attached hydrogen (secondary N) is 2. The van der Waals surface area contributed by atoms with E-state index >= 15 is 0 Å². The molecule has 1 aliphatic rings. The summed E-state index contributed by atoms with van der Waals surface area (Å²) in [5.41, 5.74) is 0.962. The van der Waals surface area contributed by atoms with E-state index in [1.54, 1.807) is 22.7 Å². The standard InChI is InChI=1S/C22H32N4O3S/c1-3-23-22(24-13-12-20-7-5-15-29-20)25-16-19-8-10-21(11-9-19)30(27,28)26-14-4-6-18(2)17-26/h5,7-11,15,18H,3-4,6,12-14,16-17H2,1-2H3,(H2,23,24,25). The van der Waals surface area contributed by atoms with Crippen molar-refractivity contribution in [2.24, 2.45) is 10.9 Å². The normalized spacial score (nSPS) is 18.3. The number of guanidine groups is 1. The summed E-state index contributed by atoms with van der Waals surface area (Å²) in [4.78, 5) is 4.95. The first kappa shape index (κ1) is 22.4. The lowest BCUT2D eigenvalue weighted by Crippen LogP contribution is -2.39. The summed E-state index contributed by atoms with van der Waals surface area (Å²) in [7, 11) is -3.42. The Hall–Kier alpha value is -2.32. The summed E-state index contributed by atoms with van der Waals surface area (Å²) < 4.78 is 32.7. The van der Waals surface area contributed by atoms with Crippen molar-refractivity contribution in [1.29, 1.82) is 0 Å². The van der Waals surface area contributed by atoms with Crippen LogP contribution < -0.4 is 10.6 Å². The zero-order valence-electron chi connectivity index (χ0n) is 17.8. The molecule has 7 nitrogen and oxygen atoms in total. The van der Waals surface area contributed by atoms with Crippen molar-refractivity contribution in [3.63, 3.8) is 0 Å². The Morgan fingerprint density at radius 1 is 1.23 bits per heavy atom. The van der Waals surface area contributed by atoms with Crippen LogP contribution >= 0.6 is 0 Å². The second-order valence-electron chi connectivity index (χ2n) is 7.71. The molecule has 0 radical (unpaired) electrons.